The molecule has 1 radical (unpaired) electrons. The molecule has 1 fully saturated rings. The van der Waals surface area contributed by atoms with E-state index in [1.165, 1.54) is 24.2 Å². The van der Waals surface area contributed by atoms with E-state index in [1.54, 1.807) is 0 Å². The average molecular weight is 432 g/mol. The van der Waals surface area contributed by atoms with Crippen LogP contribution >= 0.6 is 0 Å². The van der Waals surface area contributed by atoms with Crippen LogP contribution in [0.5, 0.6) is 0 Å². The summed E-state index contributed by atoms with van der Waals surface area (Å²) in [6.45, 7) is 9.02. The summed E-state index contributed by atoms with van der Waals surface area (Å²) in [7, 11) is 1.52. The number of hydrogen-bond acceptors (Lipinski definition) is 3. The first kappa shape index (κ1) is 22.0. The van der Waals surface area contributed by atoms with E-state index >= 15 is 0 Å². The van der Waals surface area contributed by atoms with Gasteiger partial charge in [0, 0.05) is 32.7 Å². The van der Waals surface area contributed by atoms with E-state index in [2.05, 4.69) is 33.8 Å². The van der Waals surface area contributed by atoms with Gasteiger partial charge < -0.3 is 10.7 Å². The van der Waals surface area contributed by atoms with E-state index in [0.717, 1.165) is 50.4 Å². The van der Waals surface area contributed by atoms with E-state index < -0.39 is 5.41 Å². The number of fused-ring (bicyclic) bond motifs is 3. The zero-order valence-corrected chi connectivity index (χ0v) is 19.7. The number of aldehydes is 1. The zero-order valence-electron chi connectivity index (χ0n) is 16.9. The summed E-state index contributed by atoms with van der Waals surface area (Å²) in [4.78, 5) is 24.3. The smallest absolute Gasteiger partial charge is 0.315 e. The third-order valence-electron chi connectivity index (χ3n) is 7.36. The number of esters is 1. The summed E-state index contributed by atoms with van der Waals surface area (Å²) in [5, 5.41) is 0. The van der Waals surface area contributed by atoms with Gasteiger partial charge in [0.15, 0.2) is 0 Å². The summed E-state index contributed by atoms with van der Waals surface area (Å²) in [5.74, 6) is 2.08. The molecule has 3 aliphatic carbocycles. The molecule has 0 aliphatic heterocycles. The van der Waals surface area contributed by atoms with Crippen molar-refractivity contribution in [2.24, 2.45) is 22.7 Å². The Kier molecular flexibility index (Phi) is 6.77. The molecule has 1 saturated carbocycles. The van der Waals surface area contributed by atoms with Crippen LogP contribution in [0.1, 0.15) is 66.2 Å². The van der Waals surface area contributed by atoms with Crippen LogP contribution in [0.3, 0.4) is 0 Å². The molecule has 4 heteroatoms. The van der Waals surface area contributed by atoms with E-state index in [9.17, 15) is 9.59 Å². The molecule has 0 saturated heterocycles. The quantitative estimate of drug-likeness (QED) is 0.278. The first-order chi connectivity index (χ1) is 11.8. The molecule has 0 aromatic heterocycles. The van der Waals surface area contributed by atoms with Crippen molar-refractivity contribution < 1.29 is 47.0 Å². The van der Waals surface area contributed by atoms with Crippen molar-refractivity contribution in [2.45, 2.75) is 66.2 Å². The number of carbonyl (C=O) groups excluding carboxylic acids is 2. The monoisotopic (exact) mass is 432 g/mol. The molecular weight excluding hydrogens is 401 g/mol. The predicted octanol–water partition coefficient (Wildman–Crippen LogP) is 4.82. The summed E-state index contributed by atoms with van der Waals surface area (Å²) < 4.78 is 5.28. The van der Waals surface area contributed by atoms with Gasteiger partial charge in [-0.15, -0.1) is 11.8 Å². The zero-order chi connectivity index (χ0) is 18.4. The molecule has 3 rings (SSSR count). The van der Waals surface area contributed by atoms with Crippen LogP contribution in [0.2, 0.25) is 0 Å². The maximum atomic E-state index is 12.9. The van der Waals surface area contributed by atoms with E-state index in [0.29, 0.717) is 11.8 Å². The van der Waals surface area contributed by atoms with Crippen LogP contribution in [0.4, 0.5) is 0 Å². The fraction of sp³-hybridized carbons (Fsp3) is 0.682. The van der Waals surface area contributed by atoms with Crippen LogP contribution in [0, 0.1) is 28.6 Å². The van der Waals surface area contributed by atoms with Crippen molar-refractivity contribution in [1.29, 1.82) is 0 Å². The second-order valence-corrected chi connectivity index (χ2v) is 8.73. The SMILES string of the molecule is COC(=O)[C@]12CCC(C(C)C)=C1[C@H]1CC=C(C=O)C[C-](C)[C@]1(C)CC2.[Y]. The van der Waals surface area contributed by atoms with Gasteiger partial charge in [0.25, 0.3) is 0 Å². The van der Waals surface area contributed by atoms with Crippen LogP contribution in [-0.4, -0.2) is 19.4 Å². The Morgan fingerprint density at radius 3 is 2.62 bits per heavy atom. The Bertz CT molecular complexity index is 648. The van der Waals surface area contributed by atoms with Crippen LogP contribution in [0.25, 0.3) is 0 Å². The first-order valence-electron chi connectivity index (χ1n) is 9.59. The van der Waals surface area contributed by atoms with Gasteiger partial charge in [-0.3, -0.25) is 9.59 Å². The number of allylic oxidation sites excluding steroid dienone is 3. The molecule has 0 bridgehead atoms. The molecule has 0 amide bonds. The van der Waals surface area contributed by atoms with Gasteiger partial charge in [0.05, 0.1) is 12.5 Å². The summed E-state index contributed by atoms with van der Waals surface area (Å²) >= 11 is 0. The molecule has 3 nitrogen and oxygen atoms in total. The van der Waals surface area contributed by atoms with E-state index in [4.69, 9.17) is 4.74 Å². The van der Waals surface area contributed by atoms with Crippen LogP contribution in [-0.2, 0) is 47.0 Å². The molecule has 0 aromatic carbocycles. The number of methoxy groups -OCH3 is 1. The number of ether oxygens (including phenoxy) is 1. The van der Waals surface area contributed by atoms with Gasteiger partial charge in [-0.2, -0.15) is 6.92 Å². The third kappa shape index (κ3) is 3.22. The Morgan fingerprint density at radius 2 is 2.04 bits per heavy atom. The second-order valence-electron chi connectivity index (χ2n) is 8.73. The van der Waals surface area contributed by atoms with Crippen LogP contribution in [0.15, 0.2) is 22.8 Å². The van der Waals surface area contributed by atoms with Gasteiger partial charge in [-0.25, -0.2) is 0 Å². The molecule has 3 aliphatic rings. The van der Waals surface area contributed by atoms with Crippen molar-refractivity contribution in [3.05, 3.63) is 28.7 Å². The summed E-state index contributed by atoms with van der Waals surface area (Å²) in [6, 6.07) is 0. The Hall–Kier alpha value is -0.276. The number of rotatable bonds is 3. The minimum absolute atomic E-state index is 0. The predicted molar refractivity (Wildman–Crippen MR) is 98.7 cm³/mol. The summed E-state index contributed by atoms with van der Waals surface area (Å²) in [6.07, 6.45) is 8.49. The number of hydrogen-bond donors (Lipinski definition) is 0. The largest absolute Gasteiger partial charge is 0.468 e. The standard InChI is InChI=1S/C22H31O3.Y/c1-14(2)17-8-9-22(20(24)25-5)11-10-21(4)15(3)12-16(13-23)6-7-18(21)19(17)22;/h6,13-14,18H,7-12H2,1-5H3;/q-1;/t18-,21+,22+;/m1./s1. The van der Waals surface area contributed by atoms with Gasteiger partial charge >= 0.3 is 5.97 Å². The molecule has 0 heterocycles. The molecule has 0 N–H and O–H groups in total. The fourth-order valence-corrected chi connectivity index (χ4v) is 5.64. The maximum absolute atomic E-state index is 12.9. The van der Waals surface area contributed by atoms with Crippen molar-refractivity contribution in [2.75, 3.05) is 7.11 Å². The van der Waals surface area contributed by atoms with Crippen molar-refractivity contribution in [3.8, 4) is 0 Å². The minimum atomic E-state index is -0.432. The van der Waals surface area contributed by atoms with Gasteiger partial charge in [-0.1, -0.05) is 44.4 Å². The molecule has 3 atom stereocenters. The van der Waals surface area contributed by atoms with Gasteiger partial charge in [0.1, 0.15) is 6.29 Å². The molecule has 0 spiro atoms. The molecule has 0 unspecified atom stereocenters. The average Bonchev–Trinajstić information content (AvgIpc) is 2.94. The molecule has 141 valence electrons. The number of carbonyl (C=O) groups is 2. The van der Waals surface area contributed by atoms with Crippen LogP contribution < -0.4 is 0 Å². The Balaban J connectivity index is 0.00000243. The molecular formula is C22H31O3Y-. The van der Waals surface area contributed by atoms with Crippen molar-refractivity contribution in [1.82, 2.24) is 0 Å². The van der Waals surface area contributed by atoms with E-state index in [1.807, 2.05) is 0 Å². The second kappa shape index (κ2) is 7.99. The van der Waals surface area contributed by atoms with Crippen molar-refractivity contribution in [3.63, 3.8) is 0 Å². The first-order valence-corrected chi connectivity index (χ1v) is 9.59. The topological polar surface area (TPSA) is 43.4 Å². The maximum Gasteiger partial charge on any atom is 0.315 e. The fourth-order valence-electron chi connectivity index (χ4n) is 5.64. The third-order valence-corrected chi connectivity index (χ3v) is 7.36. The van der Waals surface area contributed by atoms with Gasteiger partial charge in [0.2, 0.25) is 0 Å². The molecule has 26 heavy (non-hydrogen) atoms. The normalized spacial score (nSPS) is 34.4. The van der Waals surface area contributed by atoms with Gasteiger partial charge in [-0.05, 0) is 43.1 Å². The Morgan fingerprint density at radius 1 is 1.35 bits per heavy atom. The van der Waals surface area contributed by atoms with E-state index in [-0.39, 0.29) is 44.1 Å². The Labute approximate surface area is 183 Å². The summed E-state index contributed by atoms with van der Waals surface area (Å²) in [5.41, 5.74) is 3.32. The minimum Gasteiger partial charge on any atom is -0.468 e. The molecule has 0 aromatic rings. The van der Waals surface area contributed by atoms with Crippen molar-refractivity contribution >= 4 is 12.3 Å².